The van der Waals surface area contributed by atoms with E-state index in [1.54, 1.807) is 6.07 Å². The van der Waals surface area contributed by atoms with Crippen LogP contribution in [-0.2, 0) is 16.1 Å². The van der Waals surface area contributed by atoms with Gasteiger partial charge in [0, 0.05) is 19.0 Å². The molecule has 142 valence electrons. The Morgan fingerprint density at radius 1 is 1.26 bits per heavy atom. The maximum Gasteiger partial charge on any atom is 0.414 e. The summed E-state index contributed by atoms with van der Waals surface area (Å²) in [5, 5.41) is 5.67. The predicted molar refractivity (Wildman–Crippen MR) is 88.2 cm³/mol. The van der Waals surface area contributed by atoms with Gasteiger partial charge in [-0.3, -0.25) is 9.78 Å². The summed E-state index contributed by atoms with van der Waals surface area (Å²) in [5.41, 5.74) is 0.749. The number of aromatic nitrogens is 1. The molecule has 1 aromatic carbocycles. The molecule has 1 aromatic heterocycles. The van der Waals surface area contributed by atoms with Crippen LogP contribution in [0.5, 0.6) is 0 Å². The van der Waals surface area contributed by atoms with Crippen molar-refractivity contribution in [3.63, 3.8) is 0 Å². The summed E-state index contributed by atoms with van der Waals surface area (Å²) in [5.74, 6) is -1.36. The van der Waals surface area contributed by atoms with Gasteiger partial charge in [-0.2, -0.15) is 13.2 Å². The SMILES string of the molecule is O=C(N[C@H](c1ccccn1)C(F)(F)F)[C@H]1CC(Cc2cccc(F)c2)=NO1. The standard InChI is InChI=1S/C18H15F4N3O2/c19-12-5-3-4-11(8-12)9-13-10-15(27-25-13)17(26)24-16(18(20,21)22)14-6-1-2-7-23-14/h1-8,15-16H,9-10H2,(H,24,26)/t15-,16-/m1/s1. The van der Waals surface area contributed by atoms with Crippen molar-refractivity contribution in [3.05, 3.63) is 65.7 Å². The highest BCUT2D eigenvalue weighted by atomic mass is 19.4. The number of halogens is 4. The summed E-state index contributed by atoms with van der Waals surface area (Å²) in [7, 11) is 0. The quantitative estimate of drug-likeness (QED) is 0.809. The highest BCUT2D eigenvalue weighted by Gasteiger charge is 2.44. The lowest BCUT2D eigenvalue weighted by Gasteiger charge is -2.22. The second-order valence-electron chi connectivity index (χ2n) is 6.00. The Hall–Kier alpha value is -2.97. The van der Waals surface area contributed by atoms with E-state index < -0.39 is 30.0 Å². The van der Waals surface area contributed by atoms with Crippen molar-refractivity contribution in [2.75, 3.05) is 0 Å². The van der Waals surface area contributed by atoms with Crippen molar-refractivity contribution >= 4 is 11.6 Å². The lowest BCUT2D eigenvalue weighted by molar-refractivity contribution is -0.167. The molecule has 1 aliphatic heterocycles. The molecule has 0 fully saturated rings. The second kappa shape index (κ2) is 7.73. The molecule has 0 unspecified atom stereocenters. The summed E-state index contributed by atoms with van der Waals surface area (Å²) >= 11 is 0. The molecule has 0 spiro atoms. The fraction of sp³-hybridized carbons (Fsp3) is 0.278. The van der Waals surface area contributed by atoms with Crippen molar-refractivity contribution in [2.24, 2.45) is 5.16 Å². The van der Waals surface area contributed by atoms with E-state index in [-0.39, 0.29) is 18.5 Å². The number of nitrogens with zero attached hydrogens (tertiary/aromatic N) is 2. The van der Waals surface area contributed by atoms with Crippen LogP contribution in [0.2, 0.25) is 0 Å². The Morgan fingerprint density at radius 2 is 2.07 bits per heavy atom. The first kappa shape index (κ1) is 18.8. The predicted octanol–water partition coefficient (Wildman–Crippen LogP) is 3.33. The molecule has 2 heterocycles. The van der Waals surface area contributed by atoms with E-state index in [4.69, 9.17) is 4.84 Å². The van der Waals surface area contributed by atoms with Crippen LogP contribution in [0.4, 0.5) is 17.6 Å². The molecular formula is C18H15F4N3O2. The topological polar surface area (TPSA) is 63.6 Å². The second-order valence-corrected chi connectivity index (χ2v) is 6.00. The average Bonchev–Trinajstić information content (AvgIpc) is 3.08. The van der Waals surface area contributed by atoms with E-state index in [0.717, 1.165) is 0 Å². The summed E-state index contributed by atoms with van der Waals surface area (Å²) in [4.78, 5) is 20.9. The van der Waals surface area contributed by atoms with Gasteiger partial charge in [0.2, 0.25) is 6.10 Å². The first-order valence-corrected chi connectivity index (χ1v) is 8.07. The fourth-order valence-corrected chi connectivity index (χ4v) is 2.66. The van der Waals surface area contributed by atoms with E-state index >= 15 is 0 Å². The third-order valence-electron chi connectivity index (χ3n) is 3.92. The van der Waals surface area contributed by atoms with Gasteiger partial charge in [-0.25, -0.2) is 4.39 Å². The van der Waals surface area contributed by atoms with Gasteiger partial charge in [-0.05, 0) is 29.8 Å². The summed E-state index contributed by atoms with van der Waals surface area (Å²) in [6.07, 6.45) is -4.41. The van der Waals surface area contributed by atoms with Crippen LogP contribution in [0.3, 0.4) is 0 Å². The first-order chi connectivity index (χ1) is 12.8. The van der Waals surface area contributed by atoms with E-state index in [0.29, 0.717) is 11.3 Å². The van der Waals surface area contributed by atoms with Gasteiger partial charge in [0.15, 0.2) is 6.04 Å². The number of hydrogen-bond donors (Lipinski definition) is 1. The van der Waals surface area contributed by atoms with Gasteiger partial charge in [0.25, 0.3) is 5.91 Å². The molecule has 5 nitrogen and oxygen atoms in total. The summed E-state index contributed by atoms with van der Waals surface area (Å²) in [6.45, 7) is 0. The number of amides is 1. The number of alkyl halides is 3. The van der Waals surface area contributed by atoms with E-state index in [1.807, 2.05) is 5.32 Å². The van der Waals surface area contributed by atoms with E-state index in [1.165, 1.54) is 42.6 Å². The molecule has 0 saturated heterocycles. The zero-order valence-corrected chi connectivity index (χ0v) is 13.9. The van der Waals surface area contributed by atoms with Crippen molar-refractivity contribution in [2.45, 2.75) is 31.2 Å². The number of pyridine rings is 1. The van der Waals surface area contributed by atoms with Crippen LogP contribution >= 0.6 is 0 Å². The van der Waals surface area contributed by atoms with Gasteiger partial charge in [-0.15, -0.1) is 0 Å². The largest absolute Gasteiger partial charge is 0.414 e. The molecule has 0 saturated carbocycles. The Kier molecular flexibility index (Phi) is 5.38. The molecule has 1 N–H and O–H groups in total. The van der Waals surface area contributed by atoms with E-state index in [9.17, 15) is 22.4 Å². The minimum atomic E-state index is -4.71. The third-order valence-corrected chi connectivity index (χ3v) is 3.92. The van der Waals surface area contributed by atoms with Crippen molar-refractivity contribution < 1.29 is 27.2 Å². The highest BCUT2D eigenvalue weighted by molar-refractivity contribution is 5.94. The van der Waals surface area contributed by atoms with Gasteiger partial charge < -0.3 is 10.2 Å². The maximum absolute atomic E-state index is 13.3. The number of hydrogen-bond acceptors (Lipinski definition) is 4. The number of oxime groups is 1. The molecule has 0 radical (unpaired) electrons. The number of nitrogens with one attached hydrogen (secondary N) is 1. The lowest BCUT2D eigenvalue weighted by Crippen LogP contribution is -2.43. The summed E-state index contributed by atoms with van der Waals surface area (Å²) < 4.78 is 53.1. The highest BCUT2D eigenvalue weighted by Crippen LogP contribution is 2.32. The molecular weight excluding hydrogens is 366 g/mol. The van der Waals surface area contributed by atoms with Gasteiger partial charge in [-0.1, -0.05) is 23.4 Å². The van der Waals surface area contributed by atoms with Gasteiger partial charge in [0.05, 0.1) is 11.4 Å². The van der Waals surface area contributed by atoms with Gasteiger partial charge >= 0.3 is 6.18 Å². The minimum Gasteiger partial charge on any atom is -0.382 e. The number of carbonyl (C=O) groups is 1. The molecule has 1 amide bonds. The molecule has 0 aliphatic carbocycles. The number of rotatable bonds is 5. The van der Waals surface area contributed by atoms with Crippen molar-refractivity contribution in [3.8, 4) is 0 Å². The molecule has 27 heavy (non-hydrogen) atoms. The molecule has 3 rings (SSSR count). The van der Waals surface area contributed by atoms with Crippen LogP contribution in [0, 0.1) is 5.82 Å². The Labute approximate surface area is 152 Å². The van der Waals surface area contributed by atoms with Crippen LogP contribution in [-0.4, -0.2) is 28.9 Å². The zero-order valence-electron chi connectivity index (χ0n) is 13.9. The van der Waals surface area contributed by atoms with Crippen molar-refractivity contribution in [1.29, 1.82) is 0 Å². The van der Waals surface area contributed by atoms with Crippen LogP contribution in [0.15, 0.2) is 53.8 Å². The normalized spacial score (nSPS) is 17.8. The summed E-state index contributed by atoms with van der Waals surface area (Å²) in [6, 6.07) is 7.64. The lowest BCUT2D eigenvalue weighted by atomic mass is 10.0. The Bertz CT molecular complexity index is 840. The molecule has 2 atom stereocenters. The molecule has 9 heteroatoms. The van der Waals surface area contributed by atoms with Crippen LogP contribution < -0.4 is 5.32 Å². The van der Waals surface area contributed by atoms with Crippen molar-refractivity contribution in [1.82, 2.24) is 10.3 Å². The minimum absolute atomic E-state index is 0.0230. The smallest absolute Gasteiger partial charge is 0.382 e. The zero-order chi connectivity index (χ0) is 19.4. The van der Waals surface area contributed by atoms with E-state index in [2.05, 4.69) is 10.1 Å². The monoisotopic (exact) mass is 381 g/mol. The van der Waals surface area contributed by atoms with Crippen LogP contribution in [0.1, 0.15) is 23.7 Å². The number of benzene rings is 1. The molecule has 2 aromatic rings. The first-order valence-electron chi connectivity index (χ1n) is 8.07. The van der Waals surface area contributed by atoms with Gasteiger partial charge in [0.1, 0.15) is 5.82 Å². The number of carbonyl (C=O) groups excluding carboxylic acids is 1. The Morgan fingerprint density at radius 3 is 2.74 bits per heavy atom. The third kappa shape index (κ3) is 4.81. The van der Waals surface area contributed by atoms with Crippen LogP contribution in [0.25, 0.3) is 0 Å². The maximum atomic E-state index is 13.3. The fourth-order valence-electron chi connectivity index (χ4n) is 2.66. The molecule has 1 aliphatic rings. The molecule has 0 bridgehead atoms. The Balaban J connectivity index is 1.63. The average molecular weight is 381 g/mol.